The smallest absolute Gasteiger partial charge is 0.344 e. The van der Waals surface area contributed by atoms with E-state index < -0.39 is 12.1 Å². The zero-order valence-electron chi connectivity index (χ0n) is 16.7. The van der Waals surface area contributed by atoms with Crippen molar-refractivity contribution in [3.8, 4) is 16.9 Å². The number of fused-ring (bicyclic) bond motifs is 4. The summed E-state index contributed by atoms with van der Waals surface area (Å²) in [6.45, 7) is 1.51. The standard InChI is InChI=1S/C25H15Br3O3S/c1-12(25(29)30)31-23-17(26)10-13(11-18(23)27)20-14-6-2-3-7-15(14)22(28)24-21(20)16-8-4-5-9-19(16)32-24/h2-12H,1H3,(H,29,30). The maximum atomic E-state index is 11.3. The molecule has 1 aromatic heterocycles. The first kappa shape index (κ1) is 21.9. The Balaban J connectivity index is 1.86. The van der Waals surface area contributed by atoms with Crippen LogP contribution in [0.5, 0.6) is 5.75 Å². The summed E-state index contributed by atoms with van der Waals surface area (Å²) in [5.74, 6) is -0.547. The Morgan fingerprint density at radius 3 is 2.19 bits per heavy atom. The normalized spacial score (nSPS) is 12.5. The predicted molar refractivity (Wildman–Crippen MR) is 143 cm³/mol. The van der Waals surface area contributed by atoms with Crippen molar-refractivity contribution in [3.05, 3.63) is 74.1 Å². The summed E-state index contributed by atoms with van der Waals surface area (Å²) >= 11 is 12.8. The van der Waals surface area contributed by atoms with Crippen LogP contribution in [0.2, 0.25) is 0 Å². The van der Waals surface area contributed by atoms with Crippen molar-refractivity contribution in [3.63, 3.8) is 0 Å². The Morgan fingerprint density at radius 1 is 0.938 bits per heavy atom. The molecule has 1 atom stereocenters. The lowest BCUT2D eigenvalue weighted by atomic mass is 9.93. The number of rotatable bonds is 4. The molecule has 0 saturated carbocycles. The lowest BCUT2D eigenvalue weighted by Gasteiger charge is -2.17. The second kappa shape index (κ2) is 8.45. The fourth-order valence-electron chi connectivity index (χ4n) is 3.94. The van der Waals surface area contributed by atoms with Crippen LogP contribution in [0.4, 0.5) is 0 Å². The highest BCUT2D eigenvalue weighted by Gasteiger charge is 2.22. The third kappa shape index (κ3) is 3.55. The number of carboxylic acid groups (broad SMARTS) is 1. The summed E-state index contributed by atoms with van der Waals surface area (Å²) < 4.78 is 10.6. The molecule has 7 heteroatoms. The number of carbonyl (C=O) groups is 1. The van der Waals surface area contributed by atoms with Crippen LogP contribution < -0.4 is 4.74 Å². The van der Waals surface area contributed by atoms with Crippen molar-refractivity contribution in [2.45, 2.75) is 13.0 Å². The molecule has 0 radical (unpaired) electrons. The first-order chi connectivity index (χ1) is 15.4. The van der Waals surface area contributed by atoms with Crippen molar-refractivity contribution in [2.75, 3.05) is 0 Å². The summed E-state index contributed by atoms with van der Waals surface area (Å²) in [5, 5.41) is 13.9. The van der Waals surface area contributed by atoms with E-state index in [1.54, 1.807) is 11.3 Å². The molecule has 0 fully saturated rings. The average Bonchev–Trinajstić information content (AvgIpc) is 3.16. The molecule has 1 unspecified atom stereocenters. The van der Waals surface area contributed by atoms with Crippen molar-refractivity contribution in [1.29, 1.82) is 0 Å². The molecule has 4 aromatic carbocycles. The SMILES string of the molecule is CC(Oc1c(Br)cc(-c2c3ccccc3c(Br)c3sc4ccccc4c23)cc1Br)C(=O)O. The fourth-order valence-corrected chi connectivity index (χ4v) is 7.26. The molecule has 5 aromatic rings. The molecular formula is C25H15Br3O3S. The molecule has 0 saturated heterocycles. The second-order valence-corrected chi connectivity index (χ2v) is 11.0. The Hall–Kier alpha value is -1.93. The molecule has 0 aliphatic rings. The molecule has 0 spiro atoms. The number of aliphatic carboxylic acids is 1. The molecule has 0 aliphatic heterocycles. The van der Waals surface area contributed by atoms with Crippen LogP contribution in [0.25, 0.3) is 42.1 Å². The highest BCUT2D eigenvalue weighted by molar-refractivity contribution is 9.11. The van der Waals surface area contributed by atoms with Gasteiger partial charge in [0.15, 0.2) is 6.10 Å². The van der Waals surface area contributed by atoms with Crippen LogP contribution in [0, 0.1) is 0 Å². The van der Waals surface area contributed by atoms with E-state index in [1.807, 2.05) is 18.2 Å². The fraction of sp³-hybridized carbons (Fsp3) is 0.0800. The number of thiophene rings is 1. The third-order valence-corrected chi connectivity index (χ3v) is 8.86. The minimum absolute atomic E-state index is 0.469. The molecule has 0 aliphatic carbocycles. The lowest BCUT2D eigenvalue weighted by Crippen LogP contribution is -2.23. The maximum absolute atomic E-state index is 11.3. The third-order valence-electron chi connectivity index (χ3n) is 5.41. The van der Waals surface area contributed by atoms with Crippen LogP contribution in [0.3, 0.4) is 0 Å². The van der Waals surface area contributed by atoms with E-state index in [0.29, 0.717) is 14.7 Å². The minimum Gasteiger partial charge on any atom is -0.479 e. The van der Waals surface area contributed by atoms with E-state index in [0.717, 1.165) is 26.4 Å². The summed E-state index contributed by atoms with van der Waals surface area (Å²) in [6, 6.07) is 20.8. The van der Waals surface area contributed by atoms with Crippen LogP contribution in [-0.4, -0.2) is 17.2 Å². The van der Waals surface area contributed by atoms with Gasteiger partial charge in [-0.1, -0.05) is 42.5 Å². The number of halogens is 3. The first-order valence-corrected chi connectivity index (χ1v) is 13.0. The van der Waals surface area contributed by atoms with Gasteiger partial charge in [0, 0.05) is 19.9 Å². The van der Waals surface area contributed by atoms with Gasteiger partial charge in [0.1, 0.15) is 5.75 Å². The Kier molecular flexibility index (Phi) is 5.78. The molecule has 32 heavy (non-hydrogen) atoms. The summed E-state index contributed by atoms with van der Waals surface area (Å²) in [4.78, 5) is 11.3. The van der Waals surface area contributed by atoms with Gasteiger partial charge >= 0.3 is 5.97 Å². The minimum atomic E-state index is -1.02. The van der Waals surface area contributed by atoms with Gasteiger partial charge in [-0.15, -0.1) is 11.3 Å². The van der Waals surface area contributed by atoms with Gasteiger partial charge in [-0.25, -0.2) is 4.79 Å². The van der Waals surface area contributed by atoms with Gasteiger partial charge in [0.25, 0.3) is 0 Å². The second-order valence-electron chi connectivity index (χ2n) is 7.40. The Bertz CT molecular complexity index is 1520. The number of benzene rings is 4. The Morgan fingerprint density at radius 2 is 1.53 bits per heavy atom. The lowest BCUT2D eigenvalue weighted by molar-refractivity contribution is -0.144. The van der Waals surface area contributed by atoms with E-state index >= 15 is 0 Å². The van der Waals surface area contributed by atoms with Gasteiger partial charge < -0.3 is 9.84 Å². The van der Waals surface area contributed by atoms with Gasteiger partial charge in [-0.05, 0) is 94.8 Å². The zero-order chi connectivity index (χ0) is 22.6. The molecule has 1 heterocycles. The van der Waals surface area contributed by atoms with E-state index in [1.165, 1.54) is 27.1 Å². The van der Waals surface area contributed by atoms with Crippen molar-refractivity contribution < 1.29 is 14.6 Å². The molecule has 0 bridgehead atoms. The van der Waals surface area contributed by atoms with E-state index in [2.05, 4.69) is 90.3 Å². The number of ether oxygens (including phenoxy) is 1. The van der Waals surface area contributed by atoms with Crippen LogP contribution in [0.15, 0.2) is 74.1 Å². The van der Waals surface area contributed by atoms with Gasteiger partial charge in [0.05, 0.1) is 13.6 Å². The van der Waals surface area contributed by atoms with Crippen LogP contribution >= 0.6 is 59.1 Å². The number of hydrogen-bond acceptors (Lipinski definition) is 3. The van der Waals surface area contributed by atoms with Gasteiger partial charge in [-0.3, -0.25) is 0 Å². The zero-order valence-corrected chi connectivity index (χ0v) is 22.2. The highest BCUT2D eigenvalue weighted by atomic mass is 79.9. The van der Waals surface area contributed by atoms with Crippen molar-refractivity contribution >= 4 is 96.0 Å². The highest BCUT2D eigenvalue weighted by Crippen LogP contribution is 2.49. The monoisotopic (exact) mass is 632 g/mol. The molecular weight excluding hydrogens is 620 g/mol. The molecule has 0 amide bonds. The van der Waals surface area contributed by atoms with Crippen molar-refractivity contribution in [2.24, 2.45) is 0 Å². The summed E-state index contributed by atoms with van der Waals surface area (Å²) in [6.07, 6.45) is -0.963. The molecule has 5 rings (SSSR count). The maximum Gasteiger partial charge on any atom is 0.344 e. The first-order valence-electron chi connectivity index (χ1n) is 9.77. The van der Waals surface area contributed by atoms with Crippen LogP contribution in [-0.2, 0) is 4.79 Å². The van der Waals surface area contributed by atoms with E-state index in [-0.39, 0.29) is 0 Å². The van der Waals surface area contributed by atoms with Crippen LogP contribution in [0.1, 0.15) is 6.92 Å². The molecule has 160 valence electrons. The average molecular weight is 635 g/mol. The van der Waals surface area contributed by atoms with E-state index in [9.17, 15) is 9.90 Å². The topological polar surface area (TPSA) is 46.5 Å². The number of hydrogen-bond donors (Lipinski definition) is 1. The predicted octanol–water partition coefficient (Wildman–Crippen LogP) is 9.01. The summed E-state index contributed by atoms with van der Waals surface area (Å²) in [5.41, 5.74) is 2.15. The largest absolute Gasteiger partial charge is 0.479 e. The molecule has 3 nitrogen and oxygen atoms in total. The summed E-state index contributed by atoms with van der Waals surface area (Å²) in [7, 11) is 0. The van der Waals surface area contributed by atoms with Gasteiger partial charge in [-0.2, -0.15) is 0 Å². The van der Waals surface area contributed by atoms with E-state index in [4.69, 9.17) is 4.74 Å². The van der Waals surface area contributed by atoms with Gasteiger partial charge in [0.2, 0.25) is 0 Å². The number of carboxylic acids is 1. The van der Waals surface area contributed by atoms with Crippen molar-refractivity contribution in [1.82, 2.24) is 0 Å². The quantitative estimate of drug-likeness (QED) is 0.215. The molecule has 1 N–H and O–H groups in total. The Labute approximate surface area is 213 Å².